The Morgan fingerprint density at radius 1 is 1.08 bits per heavy atom. The number of hydrogen-bond donors (Lipinski definition) is 0. The maximum absolute atomic E-state index is 13.2. The van der Waals surface area contributed by atoms with Crippen molar-refractivity contribution in [2.45, 2.75) is 18.2 Å². The average molecular weight is 348 g/mol. The van der Waals surface area contributed by atoms with Crippen LogP contribution in [0.15, 0.2) is 59.8 Å². The molecule has 24 heavy (non-hydrogen) atoms. The molecule has 1 fully saturated rings. The fourth-order valence-corrected chi connectivity index (χ4v) is 4.17. The zero-order valence-electron chi connectivity index (χ0n) is 12.7. The van der Waals surface area contributed by atoms with Crippen molar-refractivity contribution < 1.29 is 13.7 Å². The maximum Gasteiger partial charge on any atom is 0.264 e. The number of thioether (sulfide) groups is 1. The van der Waals surface area contributed by atoms with Crippen LogP contribution in [0.25, 0.3) is 0 Å². The van der Waals surface area contributed by atoms with Gasteiger partial charge in [-0.05, 0) is 48.9 Å². The minimum Gasteiger partial charge on any atom is -0.327 e. The Morgan fingerprint density at radius 2 is 1.62 bits per heavy atom. The van der Waals surface area contributed by atoms with Crippen LogP contribution in [0.1, 0.15) is 17.7 Å². The Balaban J connectivity index is 2.00. The third-order valence-electron chi connectivity index (χ3n) is 3.85. The lowest BCUT2D eigenvalue weighted by molar-refractivity contribution is -0.402. The van der Waals surface area contributed by atoms with Crippen molar-refractivity contribution in [2.75, 3.05) is 4.90 Å². The molecule has 0 amide bonds. The molecule has 3 rings (SSSR count). The van der Waals surface area contributed by atoms with E-state index in [4.69, 9.17) is 0 Å². The second-order valence-electron chi connectivity index (χ2n) is 5.43. The molecule has 0 bridgehead atoms. The van der Waals surface area contributed by atoms with Crippen molar-refractivity contribution in [1.82, 2.24) is 0 Å². The van der Waals surface area contributed by atoms with Crippen molar-refractivity contribution in [1.29, 1.82) is 0 Å². The lowest BCUT2D eigenvalue weighted by Crippen LogP contribution is -2.28. The highest BCUT2D eigenvalue weighted by Crippen LogP contribution is 2.50. The molecule has 0 aromatic heterocycles. The highest BCUT2D eigenvalue weighted by atomic mass is 32.2. The predicted octanol–water partition coefficient (Wildman–Crippen LogP) is 4.72. The molecule has 1 heterocycles. The number of nitro groups is 1. The predicted molar refractivity (Wildman–Crippen MR) is 90.2 cm³/mol. The van der Waals surface area contributed by atoms with E-state index in [0.29, 0.717) is 10.7 Å². The number of nitrogens with zero attached hydrogens (tertiary/aromatic N) is 2. The number of halogens is 2. The first-order valence-corrected chi connectivity index (χ1v) is 8.16. The number of benzene rings is 2. The fraction of sp³-hybridized carbons (Fsp3) is 0.176. The lowest BCUT2D eigenvalue weighted by atomic mass is 10.0. The van der Waals surface area contributed by atoms with Crippen LogP contribution in [0.3, 0.4) is 0 Å². The molecule has 1 saturated heterocycles. The van der Waals surface area contributed by atoms with Crippen molar-refractivity contribution in [3.8, 4) is 0 Å². The third-order valence-corrected chi connectivity index (χ3v) is 5.31. The normalized spacial score (nSPS) is 22.1. The van der Waals surface area contributed by atoms with Crippen molar-refractivity contribution in [3.63, 3.8) is 0 Å². The zero-order valence-corrected chi connectivity index (χ0v) is 13.5. The molecule has 4 nitrogen and oxygen atoms in total. The molecule has 2 aromatic carbocycles. The molecule has 0 aliphatic carbocycles. The van der Waals surface area contributed by atoms with Gasteiger partial charge < -0.3 is 4.90 Å². The fourth-order valence-electron chi connectivity index (χ4n) is 2.77. The van der Waals surface area contributed by atoms with Crippen LogP contribution in [0.4, 0.5) is 14.5 Å². The van der Waals surface area contributed by atoms with Gasteiger partial charge in [-0.15, -0.1) is 0 Å². The zero-order chi connectivity index (χ0) is 17.3. The smallest absolute Gasteiger partial charge is 0.264 e. The summed E-state index contributed by atoms with van der Waals surface area (Å²) < 4.78 is 26.3. The van der Waals surface area contributed by atoms with Crippen LogP contribution in [0.2, 0.25) is 0 Å². The molecule has 0 saturated carbocycles. The summed E-state index contributed by atoms with van der Waals surface area (Å²) in [6, 6.07) is 11.8. The van der Waals surface area contributed by atoms with E-state index in [9.17, 15) is 18.9 Å². The molecular weight excluding hydrogens is 334 g/mol. The first kappa shape index (κ1) is 16.4. The van der Waals surface area contributed by atoms with Gasteiger partial charge in [0.25, 0.3) is 6.20 Å². The second-order valence-corrected chi connectivity index (χ2v) is 6.59. The first-order valence-electron chi connectivity index (χ1n) is 7.28. The van der Waals surface area contributed by atoms with Gasteiger partial charge in [0.15, 0.2) is 0 Å². The summed E-state index contributed by atoms with van der Waals surface area (Å²) in [5, 5.41) is 11.3. The summed E-state index contributed by atoms with van der Waals surface area (Å²) in [6.07, 6.45) is 0.952. The summed E-state index contributed by atoms with van der Waals surface area (Å²) in [5.74, 6) is -0.695. The Labute approximate surface area is 141 Å². The van der Waals surface area contributed by atoms with Crippen molar-refractivity contribution in [2.24, 2.45) is 0 Å². The van der Waals surface area contributed by atoms with E-state index in [1.807, 2.05) is 6.92 Å². The molecule has 0 spiro atoms. The SMILES string of the molecule is C[C@@H]1[C@@H](c2ccc(F)cc2)S/C(=C\[N+](=O)[O-])N1c1ccc(F)cc1. The van der Waals surface area contributed by atoms with E-state index < -0.39 is 4.92 Å². The molecule has 124 valence electrons. The van der Waals surface area contributed by atoms with Gasteiger partial charge in [-0.2, -0.15) is 0 Å². The van der Waals surface area contributed by atoms with Crippen molar-refractivity contribution >= 4 is 17.4 Å². The van der Waals surface area contributed by atoms with Crippen LogP contribution in [-0.4, -0.2) is 11.0 Å². The Bertz CT molecular complexity index is 778. The number of hydrogen-bond acceptors (Lipinski definition) is 4. The van der Waals surface area contributed by atoms with Crippen LogP contribution in [0.5, 0.6) is 0 Å². The summed E-state index contributed by atoms with van der Waals surface area (Å²) >= 11 is 1.34. The molecule has 2 aromatic rings. The standard InChI is InChI=1S/C17H14F2N2O2S/c1-11-17(12-2-4-13(18)5-3-12)24-16(10-20(22)23)21(11)15-8-6-14(19)7-9-15/h2-11,17H,1H3/b16-10-/t11-,17+/m1/s1. The minimum absolute atomic E-state index is 0.0955. The summed E-state index contributed by atoms with van der Waals surface area (Å²) in [7, 11) is 0. The number of rotatable bonds is 3. The van der Waals surface area contributed by atoms with E-state index in [2.05, 4.69) is 0 Å². The van der Waals surface area contributed by atoms with Gasteiger partial charge in [0.2, 0.25) is 0 Å². The van der Waals surface area contributed by atoms with Gasteiger partial charge in [0.1, 0.15) is 16.7 Å². The van der Waals surface area contributed by atoms with Crippen LogP contribution in [0, 0.1) is 21.7 Å². The molecule has 1 aliphatic heterocycles. The maximum atomic E-state index is 13.2. The van der Waals surface area contributed by atoms with Crippen LogP contribution < -0.4 is 4.90 Å². The van der Waals surface area contributed by atoms with Crippen molar-refractivity contribution in [3.05, 3.63) is 87.1 Å². The van der Waals surface area contributed by atoms with Gasteiger partial charge in [0.05, 0.1) is 10.2 Å². The van der Waals surface area contributed by atoms with E-state index in [1.54, 1.807) is 29.2 Å². The molecule has 7 heteroatoms. The molecule has 0 unspecified atom stereocenters. The molecule has 0 radical (unpaired) electrons. The van der Waals surface area contributed by atoms with E-state index in [0.717, 1.165) is 11.8 Å². The van der Waals surface area contributed by atoms with Gasteiger partial charge in [0, 0.05) is 11.7 Å². The monoisotopic (exact) mass is 348 g/mol. The van der Waals surface area contributed by atoms with Crippen LogP contribution in [-0.2, 0) is 0 Å². The lowest BCUT2D eigenvalue weighted by Gasteiger charge is -2.25. The number of anilines is 1. The highest BCUT2D eigenvalue weighted by molar-refractivity contribution is 8.03. The van der Waals surface area contributed by atoms with Crippen LogP contribution >= 0.6 is 11.8 Å². The summed E-state index contributed by atoms with van der Waals surface area (Å²) in [6.45, 7) is 1.94. The molecule has 1 aliphatic rings. The molecule has 2 atom stereocenters. The van der Waals surface area contributed by atoms with Gasteiger partial charge in [-0.3, -0.25) is 10.1 Å². The summed E-state index contributed by atoms with van der Waals surface area (Å²) in [4.78, 5) is 12.3. The first-order chi connectivity index (χ1) is 11.5. The Morgan fingerprint density at radius 3 is 2.17 bits per heavy atom. The molecular formula is C17H14F2N2O2S. The largest absolute Gasteiger partial charge is 0.327 e. The average Bonchev–Trinajstić information content (AvgIpc) is 2.85. The topological polar surface area (TPSA) is 46.4 Å². The Hall–Kier alpha value is -2.41. The molecule has 0 N–H and O–H groups in total. The quantitative estimate of drug-likeness (QED) is 0.595. The highest BCUT2D eigenvalue weighted by Gasteiger charge is 2.38. The van der Waals surface area contributed by atoms with Gasteiger partial charge in [-0.25, -0.2) is 8.78 Å². The summed E-state index contributed by atoms with van der Waals surface area (Å²) in [5.41, 5.74) is 1.56. The third kappa shape index (κ3) is 3.26. The van der Waals surface area contributed by atoms with Gasteiger partial charge in [-0.1, -0.05) is 23.9 Å². The van der Waals surface area contributed by atoms with E-state index in [-0.39, 0.29) is 22.9 Å². The Kier molecular flexibility index (Phi) is 4.53. The van der Waals surface area contributed by atoms with E-state index in [1.165, 1.54) is 36.0 Å². The van der Waals surface area contributed by atoms with E-state index >= 15 is 0 Å². The van der Waals surface area contributed by atoms with Gasteiger partial charge >= 0.3 is 0 Å². The minimum atomic E-state index is -0.501. The second kappa shape index (κ2) is 6.60.